The number of aromatic nitrogens is 1. The van der Waals surface area contributed by atoms with E-state index in [4.69, 9.17) is 4.42 Å². The summed E-state index contributed by atoms with van der Waals surface area (Å²) in [5.74, 6) is 2.00. The predicted molar refractivity (Wildman–Crippen MR) is 61.1 cm³/mol. The van der Waals surface area contributed by atoms with Gasteiger partial charge >= 0.3 is 0 Å². The van der Waals surface area contributed by atoms with Crippen LogP contribution in [0.15, 0.2) is 4.42 Å². The molecule has 1 aromatic rings. The van der Waals surface area contributed by atoms with Gasteiger partial charge in [0.05, 0.1) is 5.69 Å². The van der Waals surface area contributed by atoms with Gasteiger partial charge in [0, 0.05) is 5.41 Å². The summed E-state index contributed by atoms with van der Waals surface area (Å²) >= 11 is 0. The maximum atomic E-state index is 5.84. The van der Waals surface area contributed by atoms with Crippen LogP contribution in [0, 0.1) is 6.92 Å². The normalized spacial score (nSPS) is 20.5. The van der Waals surface area contributed by atoms with Gasteiger partial charge in [-0.05, 0) is 26.2 Å². The van der Waals surface area contributed by atoms with Gasteiger partial charge in [0.1, 0.15) is 5.76 Å². The maximum absolute atomic E-state index is 5.84. The third-order valence-corrected chi connectivity index (χ3v) is 3.70. The lowest BCUT2D eigenvalue weighted by Crippen LogP contribution is -2.25. The molecule has 0 radical (unpaired) electrons. The summed E-state index contributed by atoms with van der Waals surface area (Å²) in [5, 5.41) is 0. The van der Waals surface area contributed by atoms with Gasteiger partial charge < -0.3 is 4.42 Å². The van der Waals surface area contributed by atoms with Crippen LogP contribution in [0.2, 0.25) is 0 Å². The number of hydrogen-bond acceptors (Lipinski definition) is 2. The third-order valence-electron chi connectivity index (χ3n) is 3.70. The average molecular weight is 207 g/mol. The molecular weight excluding hydrogens is 186 g/mol. The van der Waals surface area contributed by atoms with Crippen molar-refractivity contribution in [2.24, 2.45) is 0 Å². The highest BCUT2D eigenvalue weighted by molar-refractivity contribution is 5.14. The van der Waals surface area contributed by atoms with Gasteiger partial charge in [0.25, 0.3) is 0 Å². The van der Waals surface area contributed by atoms with E-state index in [0.29, 0.717) is 0 Å². The van der Waals surface area contributed by atoms with Crippen molar-refractivity contribution in [3.8, 4) is 0 Å². The molecule has 1 aliphatic carbocycles. The fraction of sp³-hybridized carbons (Fsp3) is 0.769. The van der Waals surface area contributed by atoms with Crippen LogP contribution >= 0.6 is 0 Å². The Morgan fingerprint density at radius 3 is 2.47 bits per heavy atom. The molecule has 2 heteroatoms. The summed E-state index contributed by atoms with van der Waals surface area (Å²) in [5.41, 5.74) is 1.34. The minimum Gasteiger partial charge on any atom is -0.445 e. The highest BCUT2D eigenvalue weighted by Gasteiger charge is 2.33. The molecule has 1 fully saturated rings. The van der Waals surface area contributed by atoms with Crippen LogP contribution in [0.3, 0.4) is 0 Å². The first-order valence-corrected chi connectivity index (χ1v) is 6.12. The van der Waals surface area contributed by atoms with E-state index in [2.05, 4.69) is 18.8 Å². The molecule has 1 heterocycles. The zero-order chi connectivity index (χ0) is 10.9. The van der Waals surface area contributed by atoms with E-state index in [1.807, 2.05) is 6.92 Å². The summed E-state index contributed by atoms with van der Waals surface area (Å²) in [6.07, 6.45) is 7.45. The van der Waals surface area contributed by atoms with Crippen molar-refractivity contribution < 1.29 is 4.42 Å². The maximum Gasteiger partial charge on any atom is 0.200 e. The molecule has 0 atom stereocenters. The van der Waals surface area contributed by atoms with Crippen molar-refractivity contribution in [2.45, 2.75) is 64.7 Å². The van der Waals surface area contributed by atoms with Gasteiger partial charge in [0.15, 0.2) is 0 Å². The fourth-order valence-corrected chi connectivity index (χ4v) is 2.56. The Balaban J connectivity index is 2.27. The monoisotopic (exact) mass is 207 g/mol. The van der Waals surface area contributed by atoms with E-state index in [9.17, 15) is 0 Å². The standard InChI is InChI=1S/C13H21NO/c1-4-11-10(2)15-12(14-11)13(3)8-6-5-7-9-13/h4-9H2,1-3H3. The van der Waals surface area contributed by atoms with Gasteiger partial charge in [-0.15, -0.1) is 0 Å². The van der Waals surface area contributed by atoms with E-state index in [1.165, 1.54) is 32.1 Å². The molecule has 0 amide bonds. The van der Waals surface area contributed by atoms with E-state index >= 15 is 0 Å². The Kier molecular flexibility index (Phi) is 2.85. The minimum absolute atomic E-state index is 0.205. The molecule has 1 saturated carbocycles. The second-order valence-electron chi connectivity index (χ2n) is 5.00. The summed E-state index contributed by atoms with van der Waals surface area (Å²) < 4.78 is 5.84. The molecule has 2 nitrogen and oxygen atoms in total. The smallest absolute Gasteiger partial charge is 0.200 e. The molecule has 0 aliphatic heterocycles. The van der Waals surface area contributed by atoms with Crippen molar-refractivity contribution in [1.29, 1.82) is 0 Å². The van der Waals surface area contributed by atoms with E-state index in [1.54, 1.807) is 0 Å². The number of oxazole rings is 1. The first-order chi connectivity index (χ1) is 7.15. The Bertz CT molecular complexity index is 334. The second-order valence-corrected chi connectivity index (χ2v) is 5.00. The summed E-state index contributed by atoms with van der Waals surface area (Å²) in [6, 6.07) is 0. The molecule has 84 valence electrons. The van der Waals surface area contributed by atoms with Crippen molar-refractivity contribution in [3.63, 3.8) is 0 Å². The van der Waals surface area contributed by atoms with Gasteiger partial charge in [-0.1, -0.05) is 33.1 Å². The molecular formula is C13H21NO. The summed E-state index contributed by atoms with van der Waals surface area (Å²) in [4.78, 5) is 4.66. The summed E-state index contributed by atoms with van der Waals surface area (Å²) in [7, 11) is 0. The van der Waals surface area contributed by atoms with Gasteiger partial charge in [-0.3, -0.25) is 0 Å². The van der Waals surface area contributed by atoms with Crippen LogP contribution in [0.4, 0.5) is 0 Å². The Morgan fingerprint density at radius 2 is 1.93 bits per heavy atom. The minimum atomic E-state index is 0.205. The van der Waals surface area contributed by atoms with Crippen LogP contribution < -0.4 is 0 Å². The number of hydrogen-bond donors (Lipinski definition) is 0. The van der Waals surface area contributed by atoms with E-state index < -0.39 is 0 Å². The molecule has 1 aromatic heterocycles. The van der Waals surface area contributed by atoms with Crippen molar-refractivity contribution in [1.82, 2.24) is 4.98 Å². The van der Waals surface area contributed by atoms with Crippen LogP contribution in [0.25, 0.3) is 0 Å². The first-order valence-electron chi connectivity index (χ1n) is 6.12. The molecule has 15 heavy (non-hydrogen) atoms. The van der Waals surface area contributed by atoms with Crippen molar-refractivity contribution in [2.75, 3.05) is 0 Å². The zero-order valence-corrected chi connectivity index (χ0v) is 10.1. The van der Waals surface area contributed by atoms with Crippen LogP contribution in [0.5, 0.6) is 0 Å². The lowest BCUT2D eigenvalue weighted by Gasteiger charge is -2.30. The lowest BCUT2D eigenvalue weighted by atomic mass is 9.76. The van der Waals surface area contributed by atoms with Gasteiger partial charge in [-0.2, -0.15) is 0 Å². The molecule has 2 rings (SSSR count). The van der Waals surface area contributed by atoms with Crippen LogP contribution in [-0.2, 0) is 11.8 Å². The molecule has 0 unspecified atom stereocenters. The zero-order valence-electron chi connectivity index (χ0n) is 10.1. The summed E-state index contributed by atoms with van der Waals surface area (Å²) in [6.45, 7) is 6.47. The number of rotatable bonds is 2. The van der Waals surface area contributed by atoms with E-state index in [-0.39, 0.29) is 5.41 Å². The van der Waals surface area contributed by atoms with Gasteiger partial charge in [0.2, 0.25) is 5.89 Å². The molecule has 0 spiro atoms. The van der Waals surface area contributed by atoms with Crippen LogP contribution in [0.1, 0.15) is 63.3 Å². The quantitative estimate of drug-likeness (QED) is 0.738. The van der Waals surface area contributed by atoms with Gasteiger partial charge in [-0.25, -0.2) is 4.98 Å². The largest absolute Gasteiger partial charge is 0.445 e. The van der Waals surface area contributed by atoms with E-state index in [0.717, 1.165) is 23.8 Å². The molecule has 0 aromatic carbocycles. The highest BCUT2D eigenvalue weighted by Crippen LogP contribution is 2.38. The molecule has 1 aliphatic rings. The lowest BCUT2D eigenvalue weighted by molar-refractivity contribution is 0.254. The Hall–Kier alpha value is -0.790. The average Bonchev–Trinajstić information content (AvgIpc) is 2.61. The molecule has 0 saturated heterocycles. The highest BCUT2D eigenvalue weighted by atomic mass is 16.4. The first kappa shape index (κ1) is 10.7. The third kappa shape index (κ3) is 1.95. The molecule has 0 N–H and O–H groups in total. The fourth-order valence-electron chi connectivity index (χ4n) is 2.56. The Labute approximate surface area is 92.1 Å². The van der Waals surface area contributed by atoms with Crippen LogP contribution in [-0.4, -0.2) is 4.98 Å². The van der Waals surface area contributed by atoms with Crippen molar-refractivity contribution >= 4 is 0 Å². The predicted octanol–water partition coefficient (Wildman–Crippen LogP) is 3.77. The Morgan fingerprint density at radius 1 is 1.27 bits per heavy atom. The number of nitrogens with zero attached hydrogens (tertiary/aromatic N) is 1. The number of aryl methyl sites for hydroxylation is 2. The topological polar surface area (TPSA) is 26.0 Å². The second kappa shape index (κ2) is 3.99. The SMILES string of the molecule is CCc1nc(C2(C)CCCCC2)oc1C. The van der Waals surface area contributed by atoms with Crippen molar-refractivity contribution in [3.05, 3.63) is 17.3 Å². The molecule has 0 bridgehead atoms.